The normalized spacial score (nSPS) is 21.8. The number of phenolic OH excluding ortho intramolecular Hbond substituents is 1. The van der Waals surface area contributed by atoms with Crippen LogP contribution in [0.15, 0.2) is 59.0 Å². The van der Waals surface area contributed by atoms with Crippen molar-refractivity contribution in [3.05, 3.63) is 49.1 Å². The van der Waals surface area contributed by atoms with Gasteiger partial charge in [0.1, 0.15) is 11.6 Å². The molecule has 2 saturated heterocycles. The molecule has 3 fully saturated rings. The number of piperidine rings is 1. The van der Waals surface area contributed by atoms with E-state index in [9.17, 15) is 9.90 Å². The summed E-state index contributed by atoms with van der Waals surface area (Å²) < 4.78 is 0. The average Bonchev–Trinajstić information content (AvgIpc) is 3.85. The van der Waals surface area contributed by atoms with Crippen LogP contribution >= 0.6 is 0 Å². The number of hydrogen-bond donors (Lipinski definition) is 2. The monoisotopic (exact) mass is 557 g/mol. The number of benzene rings is 2. The van der Waals surface area contributed by atoms with Gasteiger partial charge in [-0.15, -0.1) is 0 Å². The second-order valence-corrected chi connectivity index (χ2v) is 11.7. The Kier molecular flexibility index (Phi) is 8.41. The van der Waals surface area contributed by atoms with Crippen LogP contribution in [0.1, 0.15) is 38.5 Å². The number of aromatic hydroxyl groups is 1. The molecule has 0 bridgehead atoms. The Morgan fingerprint density at radius 2 is 1.73 bits per heavy atom. The zero-order valence-corrected chi connectivity index (χ0v) is 24.0. The lowest BCUT2D eigenvalue weighted by Gasteiger charge is -2.37. The molecule has 0 radical (unpaired) electrons. The molecule has 3 heterocycles. The number of likely N-dealkylation sites (tertiary alicyclic amines) is 1. The minimum atomic E-state index is -0.00650. The molecule has 2 aromatic rings. The summed E-state index contributed by atoms with van der Waals surface area (Å²) in [5, 5.41) is 16.4. The molecule has 41 heavy (non-hydrogen) atoms. The second-order valence-electron chi connectivity index (χ2n) is 11.7. The summed E-state index contributed by atoms with van der Waals surface area (Å²) in [6.45, 7) is 11.0. The number of rotatable bonds is 4. The van der Waals surface area contributed by atoms with Crippen LogP contribution in [0.25, 0.3) is 10.8 Å². The molecule has 3 aliphatic heterocycles. The van der Waals surface area contributed by atoms with Crippen molar-refractivity contribution in [3.8, 4) is 5.75 Å². The number of hydrogen-bond acceptors (Lipinski definition) is 8. The van der Waals surface area contributed by atoms with E-state index in [0.717, 1.165) is 99.2 Å². The first-order valence-electron chi connectivity index (χ1n) is 15.3. The van der Waals surface area contributed by atoms with Gasteiger partial charge in [-0.25, -0.2) is 9.98 Å². The number of piperazine rings is 1. The van der Waals surface area contributed by atoms with Crippen LogP contribution in [0, 0.1) is 0 Å². The van der Waals surface area contributed by atoms with Crippen molar-refractivity contribution in [1.29, 1.82) is 0 Å². The van der Waals surface area contributed by atoms with Crippen LogP contribution in [0.2, 0.25) is 0 Å². The lowest BCUT2D eigenvalue weighted by Crippen LogP contribution is -2.51. The van der Waals surface area contributed by atoms with Crippen LogP contribution in [0.4, 0.5) is 5.69 Å². The highest BCUT2D eigenvalue weighted by Crippen LogP contribution is 2.32. The van der Waals surface area contributed by atoms with Crippen molar-refractivity contribution in [2.45, 2.75) is 50.6 Å². The molecule has 9 heteroatoms. The lowest BCUT2D eigenvalue weighted by molar-refractivity contribution is -0.127. The molecule has 0 atom stereocenters. The Labute approximate surface area is 243 Å². The molecule has 6 rings (SSSR count). The lowest BCUT2D eigenvalue weighted by atomic mass is 10.1. The average molecular weight is 558 g/mol. The molecular formula is C32H43N7O2. The van der Waals surface area contributed by atoms with Crippen molar-refractivity contribution < 1.29 is 9.90 Å². The molecular weight excluding hydrogens is 514 g/mol. The van der Waals surface area contributed by atoms with Gasteiger partial charge in [0.05, 0.1) is 6.54 Å². The second kappa shape index (κ2) is 12.5. The van der Waals surface area contributed by atoms with E-state index in [1.54, 1.807) is 0 Å². The summed E-state index contributed by atoms with van der Waals surface area (Å²) in [7, 11) is 0. The number of anilines is 1. The molecule has 2 N–H and O–H groups in total. The van der Waals surface area contributed by atoms with Gasteiger partial charge in [-0.1, -0.05) is 30.8 Å². The van der Waals surface area contributed by atoms with E-state index in [2.05, 4.69) is 44.8 Å². The summed E-state index contributed by atoms with van der Waals surface area (Å²) in [6.07, 6.45) is 8.10. The molecule has 9 nitrogen and oxygen atoms in total. The van der Waals surface area contributed by atoms with Crippen molar-refractivity contribution >= 4 is 34.2 Å². The molecule has 0 aromatic heterocycles. The molecule has 1 aliphatic carbocycles. The summed E-state index contributed by atoms with van der Waals surface area (Å²) in [6, 6.07) is 13.2. The quantitative estimate of drug-likeness (QED) is 0.560. The minimum absolute atomic E-state index is 0.00650. The maximum absolute atomic E-state index is 12.2. The van der Waals surface area contributed by atoms with Crippen LogP contribution in [0.5, 0.6) is 5.75 Å². The topological polar surface area (TPSA) is 87.0 Å². The van der Waals surface area contributed by atoms with Gasteiger partial charge < -0.3 is 30.0 Å². The van der Waals surface area contributed by atoms with Crippen LogP contribution in [0.3, 0.4) is 0 Å². The van der Waals surface area contributed by atoms with E-state index in [-0.39, 0.29) is 11.7 Å². The van der Waals surface area contributed by atoms with Gasteiger partial charge in [-0.2, -0.15) is 0 Å². The van der Waals surface area contributed by atoms with Gasteiger partial charge in [0.2, 0.25) is 11.9 Å². The van der Waals surface area contributed by atoms with E-state index in [4.69, 9.17) is 9.98 Å². The summed E-state index contributed by atoms with van der Waals surface area (Å²) in [4.78, 5) is 31.5. The van der Waals surface area contributed by atoms with Crippen molar-refractivity contribution in [1.82, 2.24) is 20.0 Å². The standard InChI is InChI=1S/C32H43N7O2/c1-2-31(41)39-20-18-38(19-21-39)30-8-5-14-37(29-23-27(40)22-24-6-3-4-7-28(24)29)17-13-33-32(35-30)34-25-11-15-36(16-12-25)26-9-10-26/h2-4,6-7,22-23,25-26,40H,1,5,8-21H2,(H,33,34). The van der Waals surface area contributed by atoms with E-state index in [1.165, 1.54) is 18.9 Å². The van der Waals surface area contributed by atoms with Gasteiger partial charge in [0.25, 0.3) is 0 Å². The smallest absolute Gasteiger partial charge is 0.246 e. The molecule has 1 amide bonds. The zero-order chi connectivity index (χ0) is 28.2. The molecule has 2 aromatic carbocycles. The van der Waals surface area contributed by atoms with E-state index >= 15 is 0 Å². The zero-order valence-electron chi connectivity index (χ0n) is 24.0. The fourth-order valence-corrected chi connectivity index (χ4v) is 6.46. The first kappa shape index (κ1) is 27.6. The van der Waals surface area contributed by atoms with Gasteiger partial charge in [-0.3, -0.25) is 4.79 Å². The number of phenols is 1. The van der Waals surface area contributed by atoms with Crippen LogP contribution in [-0.4, -0.2) is 108 Å². The largest absolute Gasteiger partial charge is 0.508 e. The number of guanidine groups is 1. The van der Waals surface area contributed by atoms with E-state index in [1.807, 2.05) is 23.1 Å². The first-order chi connectivity index (χ1) is 20.1. The minimum Gasteiger partial charge on any atom is -0.508 e. The predicted molar refractivity (Wildman–Crippen MR) is 166 cm³/mol. The van der Waals surface area contributed by atoms with Crippen molar-refractivity contribution in [2.75, 3.05) is 63.8 Å². The number of amides is 1. The maximum atomic E-state index is 12.2. The number of aliphatic imine (C=N–C) groups is 2. The number of carbonyl (C=O) groups is 1. The first-order valence-corrected chi connectivity index (χ1v) is 15.3. The third kappa shape index (κ3) is 6.67. The molecule has 0 unspecified atom stereocenters. The van der Waals surface area contributed by atoms with Crippen molar-refractivity contribution in [2.24, 2.45) is 9.98 Å². The Morgan fingerprint density at radius 3 is 2.49 bits per heavy atom. The highest BCUT2D eigenvalue weighted by atomic mass is 16.3. The molecule has 1 saturated carbocycles. The maximum Gasteiger partial charge on any atom is 0.246 e. The molecule has 218 valence electrons. The molecule has 4 aliphatic rings. The SMILES string of the molecule is C=CC(=O)N1CCN(C2=NC(NC3CCN(C4CC4)CC3)=NCCN(c3cc(O)cc4ccccc34)CCC2)CC1. The fraction of sp³-hybridized carbons (Fsp3) is 0.531. The predicted octanol–water partition coefficient (Wildman–Crippen LogP) is 3.45. The summed E-state index contributed by atoms with van der Waals surface area (Å²) in [5.41, 5.74) is 1.05. The Bertz CT molecular complexity index is 1300. The third-order valence-electron chi connectivity index (χ3n) is 8.92. The Hall–Kier alpha value is -3.59. The Balaban J connectivity index is 1.22. The van der Waals surface area contributed by atoms with Crippen LogP contribution in [-0.2, 0) is 4.79 Å². The number of amidine groups is 1. The van der Waals surface area contributed by atoms with E-state index < -0.39 is 0 Å². The molecule has 0 spiro atoms. The summed E-state index contributed by atoms with van der Waals surface area (Å²) in [5.74, 6) is 2.05. The van der Waals surface area contributed by atoms with Gasteiger partial charge in [0.15, 0.2) is 0 Å². The number of fused-ring (bicyclic) bond motifs is 1. The van der Waals surface area contributed by atoms with E-state index in [0.29, 0.717) is 25.7 Å². The number of carbonyl (C=O) groups excluding carboxylic acids is 1. The summed E-state index contributed by atoms with van der Waals surface area (Å²) >= 11 is 0. The Morgan fingerprint density at radius 1 is 0.951 bits per heavy atom. The highest BCUT2D eigenvalue weighted by molar-refractivity contribution is 5.97. The van der Waals surface area contributed by atoms with Crippen molar-refractivity contribution in [3.63, 3.8) is 0 Å². The van der Waals surface area contributed by atoms with Gasteiger partial charge >= 0.3 is 0 Å². The van der Waals surface area contributed by atoms with Crippen LogP contribution < -0.4 is 10.2 Å². The number of nitrogens with one attached hydrogen (secondary N) is 1. The number of nitrogens with zero attached hydrogens (tertiary/aromatic N) is 6. The van der Waals surface area contributed by atoms with Gasteiger partial charge in [0, 0.05) is 88.0 Å². The third-order valence-corrected chi connectivity index (χ3v) is 8.92. The highest BCUT2D eigenvalue weighted by Gasteiger charge is 2.32. The fourth-order valence-electron chi connectivity index (χ4n) is 6.46. The van der Waals surface area contributed by atoms with Gasteiger partial charge in [-0.05, 0) is 49.6 Å².